The average molecular weight is 328 g/mol. The third-order valence-corrected chi connectivity index (χ3v) is 3.87. The maximum absolute atomic E-state index is 12.5. The van der Waals surface area contributed by atoms with Crippen LogP contribution in [0.1, 0.15) is 37.2 Å². The van der Waals surface area contributed by atoms with E-state index in [2.05, 4.69) is 10.1 Å². The number of benzene rings is 1. The van der Waals surface area contributed by atoms with Crippen LogP contribution in [0.25, 0.3) is 0 Å². The van der Waals surface area contributed by atoms with E-state index in [1.165, 1.54) is 0 Å². The molecule has 1 atom stereocenters. The van der Waals surface area contributed by atoms with E-state index >= 15 is 0 Å². The van der Waals surface area contributed by atoms with Crippen molar-refractivity contribution in [2.45, 2.75) is 32.9 Å². The lowest BCUT2D eigenvalue weighted by Gasteiger charge is -2.21. The Morgan fingerprint density at radius 1 is 1.12 bits per heavy atom. The molecule has 2 heterocycles. The molecule has 8 nitrogen and oxygen atoms in total. The lowest BCUT2D eigenvalue weighted by molar-refractivity contribution is -0.144. The Hall–Kier alpha value is -3.03. The number of hydrogen-bond acceptors (Lipinski definition) is 6. The van der Waals surface area contributed by atoms with Crippen molar-refractivity contribution in [1.82, 2.24) is 19.9 Å². The van der Waals surface area contributed by atoms with Gasteiger partial charge in [-0.25, -0.2) is 14.6 Å². The van der Waals surface area contributed by atoms with Crippen LogP contribution in [0.4, 0.5) is 4.79 Å². The Bertz CT molecular complexity index is 786. The van der Waals surface area contributed by atoms with Crippen molar-refractivity contribution < 1.29 is 18.9 Å². The number of urea groups is 1. The van der Waals surface area contributed by atoms with E-state index in [-0.39, 0.29) is 12.4 Å². The molecule has 0 unspecified atom stereocenters. The molecular formula is C16H16N4O4. The van der Waals surface area contributed by atoms with Crippen LogP contribution in [-0.2, 0) is 22.6 Å². The molecule has 0 aliphatic carbocycles. The maximum Gasteiger partial charge on any atom is 0.335 e. The second-order valence-corrected chi connectivity index (χ2v) is 5.39. The number of carbonyl (C=O) groups excluding carboxylic acids is 3. The molecule has 0 spiro atoms. The Morgan fingerprint density at radius 3 is 2.46 bits per heavy atom. The molecule has 0 bridgehead atoms. The fourth-order valence-corrected chi connectivity index (χ4v) is 2.52. The zero-order valence-electron chi connectivity index (χ0n) is 13.3. The van der Waals surface area contributed by atoms with Gasteiger partial charge < -0.3 is 4.52 Å². The summed E-state index contributed by atoms with van der Waals surface area (Å²) in [7, 11) is 0. The summed E-state index contributed by atoms with van der Waals surface area (Å²) >= 11 is 0. The standard InChI is InChI=1S/C16H16N4O4/c1-3-12-17-13(24-18-12)9-19-14(21)15(22)20(16(19)23)10(2)11-7-5-4-6-8-11/h4-8,10H,3,9H2,1-2H3/t10-/m0/s1. The van der Waals surface area contributed by atoms with Gasteiger partial charge in [-0.1, -0.05) is 42.4 Å². The van der Waals surface area contributed by atoms with Crippen molar-refractivity contribution in [3.63, 3.8) is 0 Å². The molecule has 1 aliphatic rings. The molecule has 24 heavy (non-hydrogen) atoms. The van der Waals surface area contributed by atoms with E-state index in [1.807, 2.05) is 13.0 Å². The molecule has 1 aromatic carbocycles. The summed E-state index contributed by atoms with van der Waals surface area (Å²) in [6.45, 7) is 3.34. The maximum atomic E-state index is 12.5. The number of carbonyl (C=O) groups is 3. The first-order chi connectivity index (χ1) is 11.5. The average Bonchev–Trinajstić information content (AvgIpc) is 3.14. The van der Waals surface area contributed by atoms with Crippen molar-refractivity contribution in [2.24, 2.45) is 0 Å². The van der Waals surface area contributed by atoms with E-state index in [1.54, 1.807) is 31.2 Å². The Kier molecular flexibility index (Phi) is 4.11. The first-order valence-corrected chi connectivity index (χ1v) is 7.58. The van der Waals surface area contributed by atoms with E-state index < -0.39 is 23.9 Å². The highest BCUT2D eigenvalue weighted by Crippen LogP contribution is 2.26. The number of nitrogens with zero attached hydrogens (tertiary/aromatic N) is 4. The fraction of sp³-hybridized carbons (Fsp3) is 0.312. The highest BCUT2D eigenvalue weighted by atomic mass is 16.5. The smallest absolute Gasteiger partial charge is 0.335 e. The second-order valence-electron chi connectivity index (χ2n) is 5.39. The molecule has 1 aliphatic heterocycles. The van der Waals surface area contributed by atoms with Gasteiger partial charge in [-0.05, 0) is 12.5 Å². The first kappa shape index (κ1) is 15.9. The molecule has 1 aromatic heterocycles. The molecule has 3 rings (SSSR count). The molecule has 124 valence electrons. The van der Waals surface area contributed by atoms with Gasteiger partial charge in [0.25, 0.3) is 0 Å². The van der Waals surface area contributed by atoms with Gasteiger partial charge in [0.2, 0.25) is 5.89 Å². The molecule has 0 saturated carbocycles. The van der Waals surface area contributed by atoms with E-state index in [0.29, 0.717) is 12.2 Å². The van der Waals surface area contributed by atoms with Crippen LogP contribution in [0, 0.1) is 0 Å². The van der Waals surface area contributed by atoms with Crippen molar-refractivity contribution in [2.75, 3.05) is 0 Å². The van der Waals surface area contributed by atoms with E-state index in [4.69, 9.17) is 4.52 Å². The first-order valence-electron chi connectivity index (χ1n) is 7.58. The molecule has 0 N–H and O–H groups in total. The van der Waals surface area contributed by atoms with Crippen LogP contribution in [0.5, 0.6) is 0 Å². The van der Waals surface area contributed by atoms with Crippen molar-refractivity contribution in [3.8, 4) is 0 Å². The topological polar surface area (TPSA) is 96.6 Å². The minimum Gasteiger partial charge on any atom is -0.337 e. The summed E-state index contributed by atoms with van der Waals surface area (Å²) < 4.78 is 4.99. The summed E-state index contributed by atoms with van der Waals surface area (Å²) in [5.74, 6) is -1.15. The van der Waals surface area contributed by atoms with Gasteiger partial charge in [0.15, 0.2) is 5.82 Å². The number of aryl methyl sites for hydroxylation is 1. The number of rotatable bonds is 5. The third-order valence-electron chi connectivity index (χ3n) is 3.87. The minimum absolute atomic E-state index is 0.121. The SMILES string of the molecule is CCc1noc(CN2C(=O)C(=O)N([C@@H](C)c3ccccc3)C2=O)n1. The Balaban J connectivity index is 1.82. The highest BCUT2D eigenvalue weighted by molar-refractivity contribution is 6.44. The van der Waals surface area contributed by atoms with Gasteiger partial charge in [-0.3, -0.25) is 9.59 Å². The van der Waals surface area contributed by atoms with Gasteiger partial charge in [0.1, 0.15) is 6.54 Å². The molecule has 1 saturated heterocycles. The molecule has 1 fully saturated rings. The van der Waals surface area contributed by atoms with Gasteiger partial charge in [0.05, 0.1) is 6.04 Å². The van der Waals surface area contributed by atoms with E-state index in [9.17, 15) is 14.4 Å². The van der Waals surface area contributed by atoms with Crippen molar-refractivity contribution in [1.29, 1.82) is 0 Å². The zero-order valence-corrected chi connectivity index (χ0v) is 13.3. The van der Waals surface area contributed by atoms with Gasteiger partial charge in [-0.2, -0.15) is 4.98 Å². The van der Waals surface area contributed by atoms with Crippen molar-refractivity contribution >= 4 is 17.8 Å². The lowest BCUT2D eigenvalue weighted by atomic mass is 10.1. The van der Waals surface area contributed by atoms with E-state index in [0.717, 1.165) is 15.4 Å². The van der Waals surface area contributed by atoms with Gasteiger partial charge >= 0.3 is 17.8 Å². The fourth-order valence-electron chi connectivity index (χ4n) is 2.52. The summed E-state index contributed by atoms with van der Waals surface area (Å²) in [6.07, 6.45) is 0.571. The van der Waals surface area contributed by atoms with Crippen molar-refractivity contribution in [3.05, 3.63) is 47.6 Å². The largest absolute Gasteiger partial charge is 0.337 e. The molecular weight excluding hydrogens is 312 g/mol. The molecule has 2 aromatic rings. The predicted molar refractivity (Wildman–Crippen MR) is 81.3 cm³/mol. The summed E-state index contributed by atoms with van der Waals surface area (Å²) in [5.41, 5.74) is 0.764. The van der Waals surface area contributed by atoms with Gasteiger partial charge in [-0.15, -0.1) is 0 Å². The quantitative estimate of drug-likeness (QED) is 0.612. The highest BCUT2D eigenvalue weighted by Gasteiger charge is 2.47. The molecule has 4 amide bonds. The Morgan fingerprint density at radius 2 is 1.83 bits per heavy atom. The monoisotopic (exact) mass is 328 g/mol. The van der Waals surface area contributed by atoms with Gasteiger partial charge in [0, 0.05) is 6.42 Å². The number of hydrogen-bond donors (Lipinski definition) is 0. The summed E-state index contributed by atoms with van der Waals surface area (Å²) in [5, 5.41) is 3.71. The normalized spacial score (nSPS) is 16.2. The third kappa shape index (κ3) is 2.66. The Labute approximate surface area is 138 Å². The van der Waals surface area contributed by atoms with Crippen LogP contribution in [-0.4, -0.2) is 37.8 Å². The molecule has 0 radical (unpaired) electrons. The summed E-state index contributed by atoms with van der Waals surface area (Å²) in [4.78, 5) is 42.8. The number of amides is 4. The lowest BCUT2D eigenvalue weighted by Crippen LogP contribution is -2.35. The predicted octanol–water partition coefficient (Wildman–Crippen LogP) is 1.68. The number of imide groups is 2. The van der Waals surface area contributed by atoms with Crippen LogP contribution >= 0.6 is 0 Å². The molecule has 8 heteroatoms. The van der Waals surface area contributed by atoms with Crippen LogP contribution < -0.4 is 0 Å². The summed E-state index contributed by atoms with van der Waals surface area (Å²) in [6, 6.07) is 7.81. The van der Waals surface area contributed by atoms with Crippen LogP contribution in [0.2, 0.25) is 0 Å². The second kappa shape index (κ2) is 6.23. The van der Waals surface area contributed by atoms with Crippen LogP contribution in [0.3, 0.4) is 0 Å². The number of aromatic nitrogens is 2. The van der Waals surface area contributed by atoms with Crippen LogP contribution in [0.15, 0.2) is 34.9 Å². The minimum atomic E-state index is -0.890. The zero-order chi connectivity index (χ0) is 17.3.